The maximum Gasteiger partial charge on any atom is 0.335 e. The van der Waals surface area contributed by atoms with Crippen LogP contribution in [0.5, 0.6) is 0 Å². The molecular weight excluding hydrogens is 250 g/mol. The summed E-state index contributed by atoms with van der Waals surface area (Å²) in [5.41, 5.74) is 6.37. The Hall–Kier alpha value is -1.56. The monoisotopic (exact) mass is 255 g/mol. The Balaban J connectivity index is 2.73. The van der Waals surface area contributed by atoms with Gasteiger partial charge in [0.05, 0.1) is 5.56 Å². The van der Waals surface area contributed by atoms with Crippen LogP contribution in [-0.2, 0) is 0 Å². The molecule has 2 aromatic rings. The van der Waals surface area contributed by atoms with Gasteiger partial charge in [-0.05, 0) is 28.1 Å². The van der Waals surface area contributed by atoms with Crippen LogP contribution in [0.1, 0.15) is 10.4 Å². The molecule has 0 spiro atoms. The van der Waals surface area contributed by atoms with Gasteiger partial charge in [0.25, 0.3) is 0 Å². The molecule has 0 unspecified atom stereocenters. The van der Waals surface area contributed by atoms with Crippen LogP contribution >= 0.6 is 15.9 Å². The summed E-state index contributed by atoms with van der Waals surface area (Å²) in [6.07, 6.45) is 1.58. The van der Waals surface area contributed by atoms with Crippen molar-refractivity contribution in [2.75, 3.05) is 5.73 Å². The summed E-state index contributed by atoms with van der Waals surface area (Å²) >= 11 is 3.17. The zero-order chi connectivity index (χ0) is 10.3. The van der Waals surface area contributed by atoms with Crippen molar-refractivity contribution in [3.63, 3.8) is 0 Å². The number of pyridine rings is 1. The molecule has 0 radical (unpaired) electrons. The molecule has 5 nitrogen and oxygen atoms in total. The first-order valence-corrected chi connectivity index (χ1v) is 4.55. The Morgan fingerprint density at radius 3 is 3.00 bits per heavy atom. The number of nitrogens with zero attached hydrogens (tertiary/aromatic N) is 2. The van der Waals surface area contributed by atoms with Crippen molar-refractivity contribution in [2.24, 2.45) is 0 Å². The van der Waals surface area contributed by atoms with Crippen molar-refractivity contribution in [1.29, 1.82) is 0 Å². The number of carboxylic acid groups (broad SMARTS) is 1. The van der Waals surface area contributed by atoms with Crippen molar-refractivity contribution >= 4 is 33.4 Å². The lowest BCUT2D eigenvalue weighted by Gasteiger charge is -1.97. The van der Waals surface area contributed by atoms with Crippen LogP contribution in [0.4, 0.5) is 5.82 Å². The highest BCUT2D eigenvalue weighted by molar-refractivity contribution is 9.10. The van der Waals surface area contributed by atoms with Gasteiger partial charge >= 0.3 is 5.97 Å². The van der Waals surface area contributed by atoms with E-state index in [1.807, 2.05) is 0 Å². The minimum atomic E-state index is -0.981. The molecule has 2 rings (SSSR count). The number of hydrogen-bond acceptors (Lipinski definition) is 3. The van der Waals surface area contributed by atoms with Crippen molar-refractivity contribution in [3.05, 3.63) is 28.5 Å². The zero-order valence-corrected chi connectivity index (χ0v) is 8.52. The largest absolute Gasteiger partial charge is 0.478 e. The van der Waals surface area contributed by atoms with Crippen LogP contribution in [0.3, 0.4) is 0 Å². The predicted molar refractivity (Wildman–Crippen MR) is 54.3 cm³/mol. The van der Waals surface area contributed by atoms with E-state index in [0.29, 0.717) is 16.1 Å². The molecule has 0 atom stereocenters. The molecule has 0 fully saturated rings. The lowest BCUT2D eigenvalue weighted by Crippen LogP contribution is -1.98. The third kappa shape index (κ3) is 1.24. The topological polar surface area (TPSA) is 80.6 Å². The number of fused-ring (bicyclic) bond motifs is 1. The van der Waals surface area contributed by atoms with Crippen molar-refractivity contribution in [2.45, 2.75) is 0 Å². The van der Waals surface area contributed by atoms with E-state index in [-0.39, 0.29) is 5.56 Å². The van der Waals surface area contributed by atoms with Crippen molar-refractivity contribution < 1.29 is 9.90 Å². The number of rotatable bonds is 1. The maximum absolute atomic E-state index is 10.7. The number of carbonyl (C=O) groups is 1. The quantitative estimate of drug-likeness (QED) is 0.807. The molecule has 3 N–H and O–H groups in total. The van der Waals surface area contributed by atoms with Crippen LogP contribution in [-0.4, -0.2) is 20.5 Å². The number of halogens is 1. The number of nitrogens with two attached hydrogens (primary N) is 1. The fourth-order valence-electron chi connectivity index (χ4n) is 1.17. The average molecular weight is 256 g/mol. The van der Waals surface area contributed by atoms with Gasteiger partial charge in [-0.2, -0.15) is 0 Å². The lowest BCUT2D eigenvalue weighted by molar-refractivity contribution is 0.0697. The molecule has 14 heavy (non-hydrogen) atoms. The van der Waals surface area contributed by atoms with E-state index >= 15 is 0 Å². The van der Waals surface area contributed by atoms with Crippen LogP contribution in [0, 0.1) is 0 Å². The Bertz CT molecular complexity index is 521. The molecule has 0 aliphatic carbocycles. The number of nitrogen functional groups attached to an aromatic ring is 1. The van der Waals surface area contributed by atoms with Gasteiger partial charge in [0.2, 0.25) is 0 Å². The van der Waals surface area contributed by atoms with E-state index in [1.54, 1.807) is 10.6 Å². The van der Waals surface area contributed by atoms with Crippen molar-refractivity contribution in [1.82, 2.24) is 9.38 Å². The number of hydrogen-bond donors (Lipinski definition) is 2. The smallest absolute Gasteiger partial charge is 0.335 e. The highest BCUT2D eigenvalue weighted by atomic mass is 79.9. The SMILES string of the molecule is Nc1c(Br)nc2cc(C(=O)O)ccn12. The Morgan fingerprint density at radius 1 is 1.64 bits per heavy atom. The minimum absolute atomic E-state index is 0.190. The van der Waals surface area contributed by atoms with Crippen LogP contribution in [0.15, 0.2) is 22.9 Å². The summed E-state index contributed by atoms with van der Waals surface area (Å²) in [5, 5.41) is 8.74. The number of anilines is 1. The van der Waals surface area contributed by atoms with E-state index in [0.717, 1.165) is 0 Å². The van der Waals surface area contributed by atoms with Gasteiger partial charge in [0, 0.05) is 6.20 Å². The zero-order valence-electron chi connectivity index (χ0n) is 6.94. The summed E-state index contributed by atoms with van der Waals surface area (Å²) in [6.45, 7) is 0. The first-order valence-electron chi connectivity index (χ1n) is 3.76. The first kappa shape index (κ1) is 9.01. The number of aromatic carboxylic acids is 1. The summed E-state index contributed by atoms with van der Waals surface area (Å²) in [5.74, 6) is -0.526. The molecule has 72 valence electrons. The highest BCUT2D eigenvalue weighted by Gasteiger charge is 2.09. The Morgan fingerprint density at radius 2 is 2.36 bits per heavy atom. The maximum atomic E-state index is 10.7. The van der Waals surface area contributed by atoms with Crippen LogP contribution < -0.4 is 5.73 Å². The van der Waals surface area contributed by atoms with E-state index in [1.165, 1.54) is 12.1 Å². The van der Waals surface area contributed by atoms with Gasteiger partial charge in [0.15, 0.2) is 0 Å². The summed E-state index contributed by atoms with van der Waals surface area (Å²) in [4.78, 5) is 14.7. The molecule has 2 heterocycles. The molecule has 0 amide bonds. The number of imidazole rings is 1. The lowest BCUT2D eigenvalue weighted by atomic mass is 10.3. The van der Waals surface area contributed by atoms with Gasteiger partial charge in [-0.25, -0.2) is 9.78 Å². The predicted octanol–water partition coefficient (Wildman–Crippen LogP) is 1.38. The molecule has 6 heteroatoms. The molecule has 0 saturated heterocycles. The molecule has 0 aromatic carbocycles. The highest BCUT2D eigenvalue weighted by Crippen LogP contribution is 2.20. The van der Waals surface area contributed by atoms with Crippen molar-refractivity contribution in [3.8, 4) is 0 Å². The van der Waals surface area contributed by atoms with E-state index in [9.17, 15) is 4.79 Å². The summed E-state index contributed by atoms with van der Waals surface area (Å²) < 4.78 is 2.12. The molecular formula is C8H6BrN3O2. The van der Waals surface area contributed by atoms with Gasteiger partial charge in [0.1, 0.15) is 16.1 Å². The van der Waals surface area contributed by atoms with Crippen LogP contribution in [0.25, 0.3) is 5.65 Å². The molecule has 0 bridgehead atoms. The number of aromatic nitrogens is 2. The third-order valence-electron chi connectivity index (χ3n) is 1.87. The van der Waals surface area contributed by atoms with Gasteiger partial charge in [-0.15, -0.1) is 0 Å². The van der Waals surface area contributed by atoms with E-state index < -0.39 is 5.97 Å². The second-order valence-electron chi connectivity index (χ2n) is 2.74. The molecule has 0 saturated carbocycles. The normalized spacial score (nSPS) is 10.6. The van der Waals surface area contributed by atoms with E-state index in [2.05, 4.69) is 20.9 Å². The standard InChI is InChI=1S/C8H6BrN3O2/c9-6-7(10)12-2-1-4(8(13)14)3-5(12)11-6/h1-3H,10H2,(H,13,14). The summed E-state index contributed by atoms with van der Waals surface area (Å²) in [7, 11) is 0. The second-order valence-corrected chi connectivity index (χ2v) is 3.49. The van der Waals surface area contributed by atoms with Gasteiger partial charge < -0.3 is 10.8 Å². The first-order chi connectivity index (χ1) is 6.59. The van der Waals surface area contributed by atoms with Crippen LogP contribution in [0.2, 0.25) is 0 Å². The van der Waals surface area contributed by atoms with E-state index in [4.69, 9.17) is 10.8 Å². The van der Waals surface area contributed by atoms with Gasteiger partial charge in [-0.1, -0.05) is 0 Å². The molecule has 2 aromatic heterocycles. The average Bonchev–Trinajstić information content (AvgIpc) is 2.42. The third-order valence-corrected chi connectivity index (χ3v) is 2.45. The Labute approximate surface area is 87.3 Å². The second kappa shape index (κ2) is 2.98. The summed E-state index contributed by atoms with van der Waals surface area (Å²) in [6, 6.07) is 2.93. The fraction of sp³-hybridized carbons (Fsp3) is 0. The number of carboxylic acids is 1. The minimum Gasteiger partial charge on any atom is -0.478 e. The molecule has 0 aliphatic rings. The fourth-order valence-corrected chi connectivity index (χ4v) is 1.54. The molecule has 0 aliphatic heterocycles. The van der Waals surface area contributed by atoms with Gasteiger partial charge in [-0.3, -0.25) is 4.40 Å². The Kier molecular flexibility index (Phi) is 1.92.